The average molecular weight is 407 g/mol. The molecule has 0 saturated heterocycles. The zero-order valence-electron chi connectivity index (χ0n) is 12.3. The molecule has 0 aromatic heterocycles. The van der Waals surface area contributed by atoms with Gasteiger partial charge in [-0.3, -0.25) is 15.1 Å². The van der Waals surface area contributed by atoms with Gasteiger partial charge in [-0.25, -0.2) is 0 Å². The molecule has 0 bridgehead atoms. The number of guanidine groups is 1. The molecule has 0 atom stereocenters. The third-order valence-electron chi connectivity index (χ3n) is 2.88. The summed E-state index contributed by atoms with van der Waals surface area (Å²) in [6.07, 6.45) is 0. The van der Waals surface area contributed by atoms with Crippen LogP contribution in [0.1, 0.15) is 13.8 Å². The number of hydrogen-bond acceptors (Lipinski definition) is 4. The first-order valence-corrected chi connectivity index (χ1v) is 6.61. The van der Waals surface area contributed by atoms with E-state index in [1.54, 1.807) is 12.1 Å². The molecule has 21 heavy (non-hydrogen) atoms. The Labute approximate surface area is 141 Å². The summed E-state index contributed by atoms with van der Waals surface area (Å²) in [5, 5.41) is 13.7. The molecule has 0 aliphatic rings. The predicted molar refractivity (Wildman–Crippen MR) is 96.4 cm³/mol. The van der Waals surface area contributed by atoms with E-state index in [-0.39, 0.29) is 29.7 Å². The molecule has 1 rings (SSSR count). The molecule has 1 aromatic carbocycles. The van der Waals surface area contributed by atoms with Gasteiger partial charge in [-0.15, -0.1) is 24.0 Å². The maximum absolute atomic E-state index is 10.5. The first kappa shape index (κ1) is 19.4. The van der Waals surface area contributed by atoms with E-state index in [2.05, 4.69) is 10.3 Å². The Bertz CT molecular complexity index is 460. The van der Waals surface area contributed by atoms with Gasteiger partial charge < -0.3 is 16.0 Å². The molecule has 0 saturated carbocycles. The van der Waals surface area contributed by atoms with Crippen molar-refractivity contribution in [1.82, 2.24) is 4.90 Å². The van der Waals surface area contributed by atoms with Gasteiger partial charge in [0.05, 0.1) is 11.5 Å². The topological polar surface area (TPSA) is 96.8 Å². The Kier molecular flexibility index (Phi) is 9.42. The summed E-state index contributed by atoms with van der Waals surface area (Å²) in [5.74, 6) is 0.542. The van der Waals surface area contributed by atoms with Crippen LogP contribution in [0.4, 0.5) is 11.4 Å². The van der Waals surface area contributed by atoms with Crippen LogP contribution in [0.5, 0.6) is 0 Å². The van der Waals surface area contributed by atoms with E-state index in [0.717, 1.165) is 18.8 Å². The molecule has 7 nitrogen and oxygen atoms in total. The predicted octanol–water partition coefficient (Wildman–Crippen LogP) is 2.28. The fourth-order valence-electron chi connectivity index (χ4n) is 1.72. The summed E-state index contributed by atoms with van der Waals surface area (Å²) in [4.78, 5) is 16.4. The summed E-state index contributed by atoms with van der Waals surface area (Å²) >= 11 is 0. The molecule has 0 fully saturated rings. The molecule has 8 heteroatoms. The Balaban J connectivity index is 0.00000400. The Morgan fingerprint density at radius 3 is 2.38 bits per heavy atom. The second kappa shape index (κ2) is 10.2. The minimum Gasteiger partial charge on any atom is -0.383 e. The SMILES string of the molecule is CCN(CC)C(N)=NCCNc1ccc([N+](=O)[O-])cc1.I. The smallest absolute Gasteiger partial charge is 0.269 e. The molecule has 0 amide bonds. The van der Waals surface area contributed by atoms with Crippen LogP contribution in [0, 0.1) is 10.1 Å². The van der Waals surface area contributed by atoms with Gasteiger partial charge in [0.15, 0.2) is 5.96 Å². The van der Waals surface area contributed by atoms with Crippen LogP contribution in [0.25, 0.3) is 0 Å². The number of hydrogen-bond donors (Lipinski definition) is 2. The zero-order valence-corrected chi connectivity index (χ0v) is 14.6. The second-order valence-corrected chi connectivity index (χ2v) is 4.14. The largest absolute Gasteiger partial charge is 0.383 e. The highest BCUT2D eigenvalue weighted by molar-refractivity contribution is 14.0. The first-order chi connectivity index (χ1) is 9.58. The summed E-state index contributed by atoms with van der Waals surface area (Å²) in [7, 11) is 0. The molecule has 0 spiro atoms. The fraction of sp³-hybridized carbons (Fsp3) is 0.462. The van der Waals surface area contributed by atoms with Gasteiger partial charge in [0, 0.05) is 37.5 Å². The van der Waals surface area contributed by atoms with E-state index in [4.69, 9.17) is 5.73 Å². The third-order valence-corrected chi connectivity index (χ3v) is 2.88. The van der Waals surface area contributed by atoms with E-state index >= 15 is 0 Å². The normalized spacial score (nSPS) is 10.7. The van der Waals surface area contributed by atoms with Gasteiger partial charge in [-0.1, -0.05) is 0 Å². The summed E-state index contributed by atoms with van der Waals surface area (Å²) < 4.78 is 0. The van der Waals surface area contributed by atoms with Crippen LogP contribution in [-0.2, 0) is 0 Å². The van der Waals surface area contributed by atoms with E-state index in [1.165, 1.54) is 12.1 Å². The number of nitro groups is 1. The van der Waals surface area contributed by atoms with Crippen molar-refractivity contribution in [1.29, 1.82) is 0 Å². The van der Waals surface area contributed by atoms with Gasteiger partial charge >= 0.3 is 0 Å². The van der Waals surface area contributed by atoms with Crippen molar-refractivity contribution in [2.45, 2.75) is 13.8 Å². The summed E-state index contributed by atoms with van der Waals surface area (Å²) in [6.45, 7) is 6.91. The quantitative estimate of drug-likeness (QED) is 0.181. The van der Waals surface area contributed by atoms with Crippen LogP contribution < -0.4 is 11.1 Å². The standard InChI is InChI=1S/C13H21N5O2.HI/c1-3-17(4-2)13(14)16-10-9-15-11-5-7-12(8-6-11)18(19)20;/h5-8,15H,3-4,9-10H2,1-2H3,(H2,14,16);1H. The number of anilines is 1. The van der Waals surface area contributed by atoms with Gasteiger partial charge in [0.1, 0.15) is 0 Å². The van der Waals surface area contributed by atoms with Crippen molar-refractivity contribution in [3.8, 4) is 0 Å². The highest BCUT2D eigenvalue weighted by Gasteiger charge is 2.03. The molecule has 0 radical (unpaired) electrons. The van der Waals surface area contributed by atoms with Crippen LogP contribution in [-0.4, -0.2) is 42.0 Å². The molecular weight excluding hydrogens is 385 g/mol. The molecule has 0 aliphatic carbocycles. The highest BCUT2D eigenvalue weighted by atomic mass is 127. The maximum atomic E-state index is 10.5. The van der Waals surface area contributed by atoms with Crippen molar-refractivity contribution < 1.29 is 4.92 Å². The number of non-ortho nitro benzene ring substituents is 1. The first-order valence-electron chi connectivity index (χ1n) is 6.61. The number of nitrogens with zero attached hydrogens (tertiary/aromatic N) is 3. The molecule has 3 N–H and O–H groups in total. The monoisotopic (exact) mass is 407 g/mol. The molecule has 118 valence electrons. The van der Waals surface area contributed by atoms with Crippen molar-refractivity contribution in [2.75, 3.05) is 31.5 Å². The Morgan fingerprint density at radius 2 is 1.90 bits per heavy atom. The maximum Gasteiger partial charge on any atom is 0.269 e. The van der Waals surface area contributed by atoms with E-state index in [1.807, 2.05) is 18.7 Å². The lowest BCUT2D eigenvalue weighted by atomic mass is 10.3. The highest BCUT2D eigenvalue weighted by Crippen LogP contribution is 2.14. The Hall–Kier alpha value is -1.58. The van der Waals surface area contributed by atoms with E-state index < -0.39 is 4.92 Å². The van der Waals surface area contributed by atoms with Gasteiger partial charge in [0.25, 0.3) is 5.69 Å². The minimum atomic E-state index is -0.418. The minimum absolute atomic E-state index is 0. The lowest BCUT2D eigenvalue weighted by molar-refractivity contribution is -0.384. The van der Waals surface area contributed by atoms with Crippen LogP contribution in [0.3, 0.4) is 0 Å². The number of nitrogens with two attached hydrogens (primary N) is 1. The summed E-state index contributed by atoms with van der Waals surface area (Å²) in [6, 6.07) is 6.29. The van der Waals surface area contributed by atoms with Crippen molar-refractivity contribution >= 4 is 41.3 Å². The van der Waals surface area contributed by atoms with Crippen molar-refractivity contribution in [2.24, 2.45) is 10.7 Å². The Morgan fingerprint density at radius 1 is 1.33 bits per heavy atom. The van der Waals surface area contributed by atoms with Gasteiger partial charge in [0.2, 0.25) is 0 Å². The molecule has 0 heterocycles. The molecular formula is C13H22IN5O2. The summed E-state index contributed by atoms with van der Waals surface area (Å²) in [5.41, 5.74) is 6.75. The number of halogens is 1. The number of benzene rings is 1. The van der Waals surface area contributed by atoms with Gasteiger partial charge in [-0.2, -0.15) is 0 Å². The van der Waals surface area contributed by atoms with Crippen molar-refractivity contribution in [3.05, 3.63) is 34.4 Å². The van der Waals surface area contributed by atoms with Crippen molar-refractivity contribution in [3.63, 3.8) is 0 Å². The fourth-order valence-corrected chi connectivity index (χ4v) is 1.72. The second-order valence-electron chi connectivity index (χ2n) is 4.14. The number of nitrogens with one attached hydrogen (secondary N) is 1. The number of rotatable bonds is 7. The molecule has 0 aliphatic heterocycles. The van der Waals surface area contributed by atoms with Crippen LogP contribution in [0.2, 0.25) is 0 Å². The third kappa shape index (κ3) is 6.61. The lowest BCUT2D eigenvalue weighted by Crippen LogP contribution is -2.37. The van der Waals surface area contributed by atoms with E-state index in [9.17, 15) is 10.1 Å². The number of nitro benzene ring substituents is 1. The van der Waals surface area contributed by atoms with Crippen LogP contribution >= 0.6 is 24.0 Å². The lowest BCUT2D eigenvalue weighted by Gasteiger charge is -2.19. The van der Waals surface area contributed by atoms with E-state index in [0.29, 0.717) is 19.0 Å². The average Bonchev–Trinajstić information content (AvgIpc) is 2.45. The molecule has 0 unspecified atom stereocenters. The van der Waals surface area contributed by atoms with Gasteiger partial charge in [-0.05, 0) is 26.0 Å². The molecule has 1 aromatic rings. The number of aliphatic imine (C=N–C) groups is 1. The zero-order chi connectivity index (χ0) is 15.0. The van der Waals surface area contributed by atoms with Crippen LogP contribution in [0.15, 0.2) is 29.3 Å².